The van der Waals surface area contributed by atoms with Crippen LogP contribution in [0.3, 0.4) is 0 Å². The number of hydrogen-bond donors (Lipinski definition) is 0. The number of aromatic nitrogens is 1. The van der Waals surface area contributed by atoms with Crippen LogP contribution in [0.4, 0.5) is 8.78 Å². The van der Waals surface area contributed by atoms with Gasteiger partial charge in [-0.25, -0.2) is 13.8 Å². The van der Waals surface area contributed by atoms with Crippen LogP contribution in [0.25, 0.3) is 0 Å². The lowest BCUT2D eigenvalue weighted by atomic mass is 10.0. The predicted molar refractivity (Wildman–Crippen MR) is 84.1 cm³/mol. The molecule has 0 bridgehead atoms. The molecule has 0 aliphatic carbocycles. The van der Waals surface area contributed by atoms with Crippen LogP contribution in [0.1, 0.15) is 46.5 Å². The Morgan fingerprint density at radius 2 is 2.04 bits per heavy atom. The molecule has 5 nitrogen and oxygen atoms in total. The van der Waals surface area contributed by atoms with Gasteiger partial charge in [-0.2, -0.15) is 0 Å². The normalized spacial score (nSPS) is 18.2. The molecule has 1 aromatic heterocycles. The van der Waals surface area contributed by atoms with Gasteiger partial charge in [0.15, 0.2) is 17.5 Å². The summed E-state index contributed by atoms with van der Waals surface area (Å²) in [6.07, 6.45) is 2.27. The molecule has 0 unspecified atom stereocenters. The molecule has 1 aromatic carbocycles. The molecular weight excluding hydrogens is 330 g/mol. The second-order valence-corrected chi connectivity index (χ2v) is 6.39. The van der Waals surface area contributed by atoms with E-state index in [0.29, 0.717) is 37.8 Å². The molecule has 0 N–H and O–H groups in total. The van der Waals surface area contributed by atoms with Crippen molar-refractivity contribution in [3.63, 3.8) is 0 Å². The van der Waals surface area contributed by atoms with E-state index >= 15 is 0 Å². The molecule has 3 heterocycles. The summed E-state index contributed by atoms with van der Waals surface area (Å²) in [7, 11) is 0. The van der Waals surface area contributed by atoms with E-state index in [1.54, 1.807) is 0 Å². The summed E-state index contributed by atoms with van der Waals surface area (Å²) < 4.78 is 38.5. The number of amides is 1. The van der Waals surface area contributed by atoms with Gasteiger partial charge < -0.3 is 14.1 Å². The predicted octanol–water partition coefficient (Wildman–Crippen LogP) is 3.05. The van der Waals surface area contributed by atoms with Crippen molar-refractivity contribution in [2.75, 3.05) is 19.8 Å². The molecule has 4 rings (SSSR count). The van der Waals surface area contributed by atoms with Gasteiger partial charge in [0, 0.05) is 32.1 Å². The van der Waals surface area contributed by atoms with E-state index in [2.05, 4.69) is 4.98 Å². The second-order valence-electron chi connectivity index (χ2n) is 6.39. The average molecular weight is 348 g/mol. The highest BCUT2D eigenvalue weighted by Gasteiger charge is 2.30. The van der Waals surface area contributed by atoms with Gasteiger partial charge in [0.25, 0.3) is 5.91 Å². The molecule has 2 aliphatic rings. The summed E-state index contributed by atoms with van der Waals surface area (Å²) >= 11 is 0. The van der Waals surface area contributed by atoms with Crippen molar-refractivity contribution < 1.29 is 22.7 Å². The van der Waals surface area contributed by atoms with Gasteiger partial charge in [-0.15, -0.1) is 0 Å². The number of benzene rings is 1. The maximum absolute atomic E-state index is 13.9. The minimum atomic E-state index is -1.11. The Bertz CT molecular complexity index is 800. The lowest BCUT2D eigenvalue weighted by Crippen LogP contribution is -2.36. The highest BCUT2D eigenvalue weighted by molar-refractivity contribution is 5.94. The first-order chi connectivity index (χ1) is 12.1. The third kappa shape index (κ3) is 3.04. The van der Waals surface area contributed by atoms with Crippen LogP contribution in [0.5, 0.6) is 0 Å². The smallest absolute Gasteiger partial charge is 0.257 e. The van der Waals surface area contributed by atoms with E-state index in [1.807, 2.05) is 0 Å². The number of rotatable bonds is 2. The first-order valence-electron chi connectivity index (χ1n) is 8.43. The van der Waals surface area contributed by atoms with Gasteiger partial charge >= 0.3 is 0 Å². The number of halogens is 2. The Balaban J connectivity index is 1.53. The van der Waals surface area contributed by atoms with E-state index in [0.717, 1.165) is 24.7 Å². The quantitative estimate of drug-likeness (QED) is 0.837. The molecule has 1 saturated heterocycles. The van der Waals surface area contributed by atoms with Crippen LogP contribution in [-0.2, 0) is 17.7 Å². The van der Waals surface area contributed by atoms with Crippen LogP contribution in [0.2, 0.25) is 0 Å². The Kier molecular flexibility index (Phi) is 4.25. The van der Waals surface area contributed by atoms with Gasteiger partial charge in [-0.05, 0) is 25.0 Å². The average Bonchev–Trinajstić information content (AvgIpc) is 3.07. The molecule has 7 heteroatoms. The molecule has 0 saturated carbocycles. The summed E-state index contributed by atoms with van der Waals surface area (Å²) in [6.45, 7) is 2.03. The number of ether oxygens (including phenoxy) is 1. The third-order valence-corrected chi connectivity index (χ3v) is 4.78. The molecular formula is C18H18F2N2O3. The molecule has 1 fully saturated rings. The van der Waals surface area contributed by atoms with Crippen LogP contribution < -0.4 is 0 Å². The van der Waals surface area contributed by atoms with E-state index in [9.17, 15) is 13.6 Å². The lowest BCUT2D eigenvalue weighted by molar-refractivity contribution is 0.0720. The summed E-state index contributed by atoms with van der Waals surface area (Å²) in [6, 6.07) is 3.63. The van der Waals surface area contributed by atoms with Gasteiger partial charge in [-0.3, -0.25) is 4.79 Å². The third-order valence-electron chi connectivity index (χ3n) is 4.78. The number of fused-ring (bicyclic) bond motifs is 1. The monoisotopic (exact) mass is 348 g/mol. The first-order valence-corrected chi connectivity index (χ1v) is 8.43. The highest BCUT2D eigenvalue weighted by Crippen LogP contribution is 2.30. The molecule has 25 heavy (non-hydrogen) atoms. The van der Waals surface area contributed by atoms with Crippen molar-refractivity contribution in [3.8, 4) is 0 Å². The minimum Gasteiger partial charge on any atom is -0.445 e. The van der Waals surface area contributed by atoms with Gasteiger partial charge in [0.05, 0.1) is 12.1 Å². The molecule has 132 valence electrons. The molecule has 2 aliphatic heterocycles. The number of oxazole rings is 1. The van der Waals surface area contributed by atoms with Crippen molar-refractivity contribution >= 4 is 5.91 Å². The largest absolute Gasteiger partial charge is 0.445 e. The standard InChI is InChI=1S/C18H18F2N2O3/c19-13-3-1-2-12(16(13)20)18(23)22-7-4-15-14(10-22)21-17(25-15)11-5-8-24-9-6-11/h1-3,11H,4-10H2. The lowest BCUT2D eigenvalue weighted by Gasteiger charge is -2.25. The van der Waals surface area contributed by atoms with Crippen molar-refractivity contribution in [3.05, 3.63) is 52.7 Å². The van der Waals surface area contributed by atoms with Crippen LogP contribution in [-0.4, -0.2) is 35.5 Å². The van der Waals surface area contributed by atoms with Crippen molar-refractivity contribution in [1.82, 2.24) is 9.88 Å². The summed E-state index contributed by atoms with van der Waals surface area (Å²) in [4.78, 5) is 18.6. The van der Waals surface area contributed by atoms with E-state index in [-0.39, 0.29) is 18.0 Å². The fraction of sp³-hybridized carbons (Fsp3) is 0.444. The Morgan fingerprint density at radius 1 is 1.24 bits per heavy atom. The summed E-state index contributed by atoms with van der Waals surface area (Å²) in [5.74, 6) is -0.944. The number of carbonyl (C=O) groups excluding carboxylic acids is 1. The number of carbonyl (C=O) groups is 1. The SMILES string of the molecule is O=C(c1cccc(F)c1F)N1CCc2oc(C3CCOCC3)nc2C1. The Hall–Kier alpha value is -2.28. The van der Waals surface area contributed by atoms with Crippen molar-refractivity contribution in [2.24, 2.45) is 0 Å². The maximum Gasteiger partial charge on any atom is 0.257 e. The van der Waals surface area contributed by atoms with Crippen molar-refractivity contribution in [2.45, 2.75) is 31.7 Å². The number of nitrogens with zero attached hydrogens (tertiary/aromatic N) is 2. The topological polar surface area (TPSA) is 55.6 Å². The minimum absolute atomic E-state index is 0.240. The second kappa shape index (κ2) is 6.55. The van der Waals surface area contributed by atoms with Crippen LogP contribution in [0, 0.1) is 11.6 Å². The fourth-order valence-corrected chi connectivity index (χ4v) is 3.35. The summed E-state index contributed by atoms with van der Waals surface area (Å²) in [5.41, 5.74) is 0.453. The summed E-state index contributed by atoms with van der Waals surface area (Å²) in [5, 5.41) is 0. The zero-order valence-corrected chi connectivity index (χ0v) is 13.6. The number of hydrogen-bond acceptors (Lipinski definition) is 4. The highest BCUT2D eigenvalue weighted by atomic mass is 19.2. The van der Waals surface area contributed by atoms with Crippen LogP contribution >= 0.6 is 0 Å². The zero-order valence-electron chi connectivity index (χ0n) is 13.6. The molecule has 0 spiro atoms. The van der Waals surface area contributed by atoms with Gasteiger partial charge in [0.2, 0.25) is 0 Å². The molecule has 0 atom stereocenters. The van der Waals surface area contributed by atoms with E-state index < -0.39 is 17.5 Å². The van der Waals surface area contributed by atoms with E-state index in [1.165, 1.54) is 17.0 Å². The Morgan fingerprint density at radius 3 is 2.84 bits per heavy atom. The Labute approximate surface area is 143 Å². The van der Waals surface area contributed by atoms with Gasteiger partial charge in [0.1, 0.15) is 11.5 Å². The molecule has 0 radical (unpaired) electrons. The molecule has 1 amide bonds. The fourth-order valence-electron chi connectivity index (χ4n) is 3.35. The van der Waals surface area contributed by atoms with Crippen molar-refractivity contribution in [1.29, 1.82) is 0 Å². The van der Waals surface area contributed by atoms with E-state index in [4.69, 9.17) is 9.15 Å². The molecule has 2 aromatic rings. The zero-order chi connectivity index (χ0) is 17.4. The van der Waals surface area contributed by atoms with Gasteiger partial charge in [-0.1, -0.05) is 6.07 Å². The maximum atomic E-state index is 13.9. The first kappa shape index (κ1) is 16.2. The van der Waals surface area contributed by atoms with Crippen LogP contribution in [0.15, 0.2) is 22.6 Å².